The second kappa shape index (κ2) is 7.85. The van der Waals surface area contributed by atoms with E-state index in [0.717, 1.165) is 12.8 Å². The molecule has 0 aliphatic heterocycles. The second-order valence-corrected chi connectivity index (χ2v) is 4.17. The molecule has 1 rings (SSSR count). The van der Waals surface area contributed by atoms with Crippen molar-refractivity contribution in [2.75, 3.05) is 13.7 Å². The lowest BCUT2D eigenvalue weighted by Gasteiger charge is -2.04. The van der Waals surface area contributed by atoms with E-state index in [4.69, 9.17) is 4.74 Å². The van der Waals surface area contributed by atoms with Crippen LogP contribution in [-0.2, 0) is 16.1 Å². The molecule has 0 saturated carbocycles. The van der Waals surface area contributed by atoms with Crippen LogP contribution in [0.15, 0.2) is 24.3 Å². The average Bonchev–Trinajstić information content (AvgIpc) is 2.35. The van der Waals surface area contributed by atoms with E-state index in [1.54, 1.807) is 7.05 Å². The molecule has 0 spiro atoms. The highest BCUT2D eigenvalue weighted by molar-refractivity contribution is 5.75. The molecule has 3 heteroatoms. The third-order valence-electron chi connectivity index (χ3n) is 2.61. The van der Waals surface area contributed by atoms with Crippen LogP contribution in [0.4, 0.5) is 0 Å². The Hall–Kier alpha value is -1.35. The van der Waals surface area contributed by atoms with Crippen LogP contribution in [0.1, 0.15) is 30.4 Å². The molecule has 0 saturated heterocycles. The Balaban J connectivity index is 2.04. The molecule has 0 radical (unpaired) electrons. The van der Waals surface area contributed by atoms with E-state index in [0.29, 0.717) is 19.6 Å². The summed E-state index contributed by atoms with van der Waals surface area (Å²) in [5.41, 5.74) is 2.46. The zero-order chi connectivity index (χ0) is 12.5. The number of benzene rings is 1. The van der Waals surface area contributed by atoms with E-state index in [1.165, 1.54) is 11.1 Å². The van der Waals surface area contributed by atoms with Gasteiger partial charge in [-0.2, -0.15) is 0 Å². The van der Waals surface area contributed by atoms with Gasteiger partial charge in [0.2, 0.25) is 5.91 Å². The summed E-state index contributed by atoms with van der Waals surface area (Å²) in [5.74, 6) is 0.100. The molecule has 0 unspecified atom stereocenters. The van der Waals surface area contributed by atoms with Crippen LogP contribution >= 0.6 is 0 Å². The highest BCUT2D eigenvalue weighted by atomic mass is 16.5. The minimum absolute atomic E-state index is 0.100. The Morgan fingerprint density at radius 3 is 2.59 bits per heavy atom. The predicted molar refractivity (Wildman–Crippen MR) is 68.8 cm³/mol. The number of hydrogen-bond acceptors (Lipinski definition) is 2. The summed E-state index contributed by atoms with van der Waals surface area (Å²) in [6, 6.07) is 8.34. The topological polar surface area (TPSA) is 38.3 Å². The summed E-state index contributed by atoms with van der Waals surface area (Å²) in [4.78, 5) is 10.9. The third kappa shape index (κ3) is 6.07. The number of carbonyl (C=O) groups is 1. The molecule has 0 heterocycles. The van der Waals surface area contributed by atoms with E-state index < -0.39 is 0 Å². The van der Waals surface area contributed by atoms with Crippen molar-refractivity contribution in [3.8, 4) is 0 Å². The van der Waals surface area contributed by atoms with Crippen molar-refractivity contribution in [2.24, 2.45) is 0 Å². The molecule has 1 aromatic rings. The van der Waals surface area contributed by atoms with Gasteiger partial charge in [0.25, 0.3) is 0 Å². The van der Waals surface area contributed by atoms with Crippen LogP contribution in [0.5, 0.6) is 0 Å². The van der Waals surface area contributed by atoms with Crippen molar-refractivity contribution in [2.45, 2.75) is 32.8 Å². The molecule has 0 aromatic heterocycles. The zero-order valence-electron chi connectivity index (χ0n) is 10.7. The standard InChI is InChI=1S/C14H21NO2/c1-12-6-8-13(9-7-12)11-17-10-4-3-5-14(16)15-2/h6-9H,3-5,10-11H2,1-2H3,(H,15,16). The van der Waals surface area contributed by atoms with E-state index in [9.17, 15) is 4.79 Å². The Labute approximate surface area is 103 Å². The molecule has 0 bridgehead atoms. The fraction of sp³-hybridized carbons (Fsp3) is 0.500. The summed E-state index contributed by atoms with van der Waals surface area (Å²) in [5, 5.41) is 2.61. The molecule has 1 N–H and O–H groups in total. The fourth-order valence-electron chi connectivity index (χ4n) is 1.49. The van der Waals surface area contributed by atoms with Crippen LogP contribution in [0.3, 0.4) is 0 Å². The summed E-state index contributed by atoms with van der Waals surface area (Å²) >= 11 is 0. The number of hydrogen-bond donors (Lipinski definition) is 1. The number of rotatable bonds is 7. The Morgan fingerprint density at radius 2 is 1.94 bits per heavy atom. The van der Waals surface area contributed by atoms with Crippen LogP contribution in [0.25, 0.3) is 0 Å². The lowest BCUT2D eigenvalue weighted by Crippen LogP contribution is -2.17. The first kappa shape index (κ1) is 13.7. The van der Waals surface area contributed by atoms with Gasteiger partial charge in [-0.1, -0.05) is 29.8 Å². The Morgan fingerprint density at radius 1 is 1.24 bits per heavy atom. The molecule has 1 aromatic carbocycles. The van der Waals surface area contributed by atoms with Gasteiger partial charge in [0.05, 0.1) is 6.61 Å². The lowest BCUT2D eigenvalue weighted by atomic mass is 10.2. The smallest absolute Gasteiger partial charge is 0.219 e. The molecule has 0 atom stereocenters. The number of amides is 1. The second-order valence-electron chi connectivity index (χ2n) is 4.17. The van der Waals surface area contributed by atoms with Crippen molar-refractivity contribution >= 4 is 5.91 Å². The van der Waals surface area contributed by atoms with Crippen molar-refractivity contribution in [1.82, 2.24) is 5.32 Å². The van der Waals surface area contributed by atoms with Crippen LogP contribution in [-0.4, -0.2) is 19.6 Å². The monoisotopic (exact) mass is 235 g/mol. The summed E-state index contributed by atoms with van der Waals surface area (Å²) in [7, 11) is 1.66. The minimum atomic E-state index is 0.100. The predicted octanol–water partition coefficient (Wildman–Crippen LogP) is 2.43. The van der Waals surface area contributed by atoms with Crippen molar-refractivity contribution in [1.29, 1.82) is 0 Å². The molecule has 1 amide bonds. The van der Waals surface area contributed by atoms with Crippen LogP contribution < -0.4 is 5.32 Å². The maximum atomic E-state index is 10.9. The van der Waals surface area contributed by atoms with E-state index >= 15 is 0 Å². The molecule has 0 fully saturated rings. The lowest BCUT2D eigenvalue weighted by molar-refractivity contribution is -0.120. The first-order valence-electron chi connectivity index (χ1n) is 6.06. The van der Waals surface area contributed by atoms with Crippen LogP contribution in [0.2, 0.25) is 0 Å². The molecule has 3 nitrogen and oxygen atoms in total. The molecule has 0 aliphatic rings. The highest BCUT2D eigenvalue weighted by Gasteiger charge is 1.97. The van der Waals surface area contributed by atoms with Gasteiger partial charge in [-0.25, -0.2) is 0 Å². The van der Waals surface area contributed by atoms with E-state index in [1.807, 2.05) is 0 Å². The quantitative estimate of drug-likeness (QED) is 0.737. The molecular formula is C14H21NO2. The zero-order valence-corrected chi connectivity index (χ0v) is 10.7. The van der Waals surface area contributed by atoms with E-state index in [-0.39, 0.29) is 5.91 Å². The van der Waals surface area contributed by atoms with Gasteiger partial charge in [0.15, 0.2) is 0 Å². The van der Waals surface area contributed by atoms with Crippen molar-refractivity contribution in [3.63, 3.8) is 0 Å². The average molecular weight is 235 g/mol. The summed E-state index contributed by atoms with van der Waals surface area (Å²) in [6.45, 7) is 3.44. The number of carbonyl (C=O) groups excluding carboxylic acids is 1. The normalized spacial score (nSPS) is 10.2. The highest BCUT2D eigenvalue weighted by Crippen LogP contribution is 2.05. The van der Waals surface area contributed by atoms with Gasteiger partial charge >= 0.3 is 0 Å². The summed E-state index contributed by atoms with van der Waals surface area (Å²) < 4.78 is 5.54. The fourth-order valence-corrected chi connectivity index (χ4v) is 1.49. The van der Waals surface area contributed by atoms with Crippen molar-refractivity contribution < 1.29 is 9.53 Å². The number of ether oxygens (including phenoxy) is 1. The Bertz CT molecular complexity index is 333. The molecule has 94 valence electrons. The Kier molecular flexibility index (Phi) is 6.33. The van der Waals surface area contributed by atoms with Gasteiger partial charge in [-0.3, -0.25) is 4.79 Å². The molecular weight excluding hydrogens is 214 g/mol. The van der Waals surface area contributed by atoms with Gasteiger partial charge in [0.1, 0.15) is 0 Å². The number of unbranched alkanes of at least 4 members (excludes halogenated alkanes) is 1. The maximum absolute atomic E-state index is 10.9. The first-order chi connectivity index (χ1) is 8.22. The SMILES string of the molecule is CNC(=O)CCCCOCc1ccc(C)cc1. The van der Waals surface area contributed by atoms with Gasteiger partial charge < -0.3 is 10.1 Å². The minimum Gasteiger partial charge on any atom is -0.377 e. The maximum Gasteiger partial charge on any atom is 0.219 e. The molecule has 17 heavy (non-hydrogen) atoms. The van der Waals surface area contributed by atoms with Crippen molar-refractivity contribution in [3.05, 3.63) is 35.4 Å². The van der Waals surface area contributed by atoms with Gasteiger partial charge in [-0.15, -0.1) is 0 Å². The largest absolute Gasteiger partial charge is 0.377 e. The molecule has 0 aliphatic carbocycles. The van der Waals surface area contributed by atoms with Gasteiger partial charge in [0, 0.05) is 20.1 Å². The number of aryl methyl sites for hydroxylation is 1. The first-order valence-corrected chi connectivity index (χ1v) is 6.06. The van der Waals surface area contributed by atoms with Gasteiger partial charge in [-0.05, 0) is 25.3 Å². The van der Waals surface area contributed by atoms with Crippen LogP contribution in [0, 0.1) is 6.92 Å². The summed E-state index contributed by atoms with van der Waals surface area (Å²) in [6.07, 6.45) is 2.40. The van der Waals surface area contributed by atoms with E-state index in [2.05, 4.69) is 36.5 Å². The number of nitrogens with one attached hydrogen (secondary N) is 1. The third-order valence-corrected chi connectivity index (χ3v) is 2.61.